The summed E-state index contributed by atoms with van der Waals surface area (Å²) in [6.45, 7) is 1.98. The minimum absolute atomic E-state index is 0.487. The Labute approximate surface area is 145 Å². The van der Waals surface area contributed by atoms with Gasteiger partial charge in [0.15, 0.2) is 5.16 Å². The fourth-order valence-electron chi connectivity index (χ4n) is 3.49. The third kappa shape index (κ3) is 2.28. The Morgan fingerprint density at radius 2 is 1.92 bits per heavy atom. The van der Waals surface area contributed by atoms with E-state index in [9.17, 15) is 0 Å². The van der Waals surface area contributed by atoms with Crippen LogP contribution in [0.2, 0.25) is 0 Å². The van der Waals surface area contributed by atoms with Crippen LogP contribution in [0.5, 0.6) is 0 Å². The van der Waals surface area contributed by atoms with Crippen LogP contribution in [-0.4, -0.2) is 38.9 Å². The molecule has 1 aromatic carbocycles. The average molecular weight is 337 g/mol. The molecule has 2 aromatic heterocycles. The van der Waals surface area contributed by atoms with E-state index >= 15 is 0 Å². The Kier molecular flexibility index (Phi) is 3.26. The van der Waals surface area contributed by atoms with Gasteiger partial charge < -0.3 is 9.47 Å². The van der Waals surface area contributed by atoms with E-state index in [4.69, 9.17) is 4.98 Å². The number of rotatable bonds is 4. The van der Waals surface area contributed by atoms with Gasteiger partial charge in [0, 0.05) is 25.2 Å². The average Bonchev–Trinajstić information content (AvgIpc) is 3.36. The van der Waals surface area contributed by atoms with E-state index in [0.29, 0.717) is 12.0 Å². The highest BCUT2D eigenvalue weighted by Gasteiger charge is 2.36. The van der Waals surface area contributed by atoms with Gasteiger partial charge in [0.2, 0.25) is 0 Å². The highest BCUT2D eigenvalue weighted by atomic mass is 32.2. The maximum atomic E-state index is 4.92. The summed E-state index contributed by atoms with van der Waals surface area (Å²) in [6, 6.07) is 11.0. The minimum Gasteiger partial charge on any atom is -0.352 e. The number of benzene rings is 1. The molecule has 122 valence electrons. The van der Waals surface area contributed by atoms with Crippen LogP contribution in [0, 0.1) is 0 Å². The van der Waals surface area contributed by atoms with Gasteiger partial charge in [0.25, 0.3) is 0 Å². The Balaban J connectivity index is 1.44. The summed E-state index contributed by atoms with van der Waals surface area (Å²) in [5.74, 6) is 2.98. The van der Waals surface area contributed by atoms with Crippen LogP contribution in [-0.2, 0) is 0 Å². The first-order valence-corrected chi connectivity index (χ1v) is 9.65. The van der Waals surface area contributed by atoms with Crippen LogP contribution in [0.25, 0.3) is 11.0 Å². The van der Waals surface area contributed by atoms with Crippen LogP contribution < -0.4 is 4.90 Å². The summed E-state index contributed by atoms with van der Waals surface area (Å²) in [5.41, 5.74) is 2.40. The Bertz CT molecular complexity index is 895. The zero-order valence-electron chi connectivity index (χ0n) is 13.6. The van der Waals surface area contributed by atoms with Crippen molar-refractivity contribution in [1.29, 1.82) is 0 Å². The standard InChI is InChI=1S/C18H19N5S/c1-24-18-19-9-8-16(21-18)22-10-13(11-22)23-15-5-3-2-4-14(15)20-17(23)12-6-7-12/h2-5,8-9,12-13H,6-7,10-11H2,1H3. The topological polar surface area (TPSA) is 46.8 Å². The monoisotopic (exact) mass is 337 g/mol. The lowest BCUT2D eigenvalue weighted by atomic mass is 10.1. The van der Waals surface area contributed by atoms with Gasteiger partial charge >= 0.3 is 0 Å². The second-order valence-electron chi connectivity index (χ2n) is 6.56. The summed E-state index contributed by atoms with van der Waals surface area (Å²) in [7, 11) is 0. The normalized spacial score (nSPS) is 18.1. The van der Waals surface area contributed by atoms with E-state index < -0.39 is 0 Å². The van der Waals surface area contributed by atoms with Crippen LogP contribution in [0.4, 0.5) is 5.82 Å². The summed E-state index contributed by atoms with van der Waals surface area (Å²) >= 11 is 1.59. The summed E-state index contributed by atoms with van der Waals surface area (Å²) in [4.78, 5) is 16.1. The highest BCUT2D eigenvalue weighted by molar-refractivity contribution is 7.98. The lowest BCUT2D eigenvalue weighted by molar-refractivity contribution is 0.394. The van der Waals surface area contributed by atoms with Crippen molar-refractivity contribution >= 4 is 28.6 Å². The molecule has 1 saturated carbocycles. The molecule has 24 heavy (non-hydrogen) atoms. The molecule has 2 aliphatic rings. The van der Waals surface area contributed by atoms with Gasteiger partial charge in [0.1, 0.15) is 11.6 Å². The molecule has 5 nitrogen and oxygen atoms in total. The summed E-state index contributed by atoms with van der Waals surface area (Å²) in [6.07, 6.45) is 6.42. The minimum atomic E-state index is 0.487. The lowest BCUT2D eigenvalue weighted by Crippen LogP contribution is -2.48. The first-order chi connectivity index (χ1) is 11.8. The van der Waals surface area contributed by atoms with Crippen molar-refractivity contribution in [2.75, 3.05) is 24.2 Å². The Morgan fingerprint density at radius 1 is 1.08 bits per heavy atom. The fourth-order valence-corrected chi connectivity index (χ4v) is 3.84. The number of fused-ring (bicyclic) bond motifs is 1. The lowest BCUT2D eigenvalue weighted by Gasteiger charge is -2.41. The molecule has 0 radical (unpaired) electrons. The van der Waals surface area contributed by atoms with Crippen molar-refractivity contribution in [2.45, 2.75) is 30.0 Å². The van der Waals surface area contributed by atoms with E-state index in [1.165, 1.54) is 24.2 Å². The van der Waals surface area contributed by atoms with Crippen LogP contribution in [0.3, 0.4) is 0 Å². The van der Waals surface area contributed by atoms with Gasteiger partial charge in [-0.25, -0.2) is 15.0 Å². The van der Waals surface area contributed by atoms with Crippen molar-refractivity contribution < 1.29 is 0 Å². The molecule has 3 heterocycles. The fraction of sp³-hybridized carbons (Fsp3) is 0.389. The molecule has 0 unspecified atom stereocenters. The van der Waals surface area contributed by atoms with Gasteiger partial charge in [-0.15, -0.1) is 0 Å². The molecule has 6 heteroatoms. The zero-order chi connectivity index (χ0) is 16.1. The largest absolute Gasteiger partial charge is 0.352 e. The molecule has 0 spiro atoms. The van der Waals surface area contributed by atoms with E-state index in [1.54, 1.807) is 11.8 Å². The predicted octanol–water partition coefficient (Wildman–Crippen LogP) is 3.49. The second kappa shape index (κ2) is 5.48. The van der Waals surface area contributed by atoms with Crippen molar-refractivity contribution in [3.05, 3.63) is 42.4 Å². The Morgan fingerprint density at radius 3 is 2.71 bits per heavy atom. The second-order valence-corrected chi connectivity index (χ2v) is 7.34. The van der Waals surface area contributed by atoms with Crippen LogP contribution in [0.1, 0.15) is 30.6 Å². The molecule has 2 fully saturated rings. The zero-order valence-corrected chi connectivity index (χ0v) is 14.4. The molecule has 1 aliphatic heterocycles. The van der Waals surface area contributed by atoms with Crippen LogP contribution >= 0.6 is 11.8 Å². The maximum absolute atomic E-state index is 4.92. The number of hydrogen-bond donors (Lipinski definition) is 0. The number of anilines is 1. The molecule has 1 aliphatic carbocycles. The molecule has 3 aromatic rings. The summed E-state index contributed by atoms with van der Waals surface area (Å²) < 4.78 is 2.49. The van der Waals surface area contributed by atoms with E-state index in [1.807, 2.05) is 18.5 Å². The number of hydrogen-bond acceptors (Lipinski definition) is 5. The van der Waals surface area contributed by atoms with Gasteiger partial charge in [-0.1, -0.05) is 23.9 Å². The molecular formula is C18H19N5S. The first-order valence-electron chi connectivity index (χ1n) is 8.42. The van der Waals surface area contributed by atoms with Gasteiger partial charge in [0.05, 0.1) is 17.1 Å². The summed E-state index contributed by atoms with van der Waals surface area (Å²) in [5, 5.41) is 0.836. The quantitative estimate of drug-likeness (QED) is 0.539. The molecular weight excluding hydrogens is 318 g/mol. The van der Waals surface area contributed by atoms with Crippen molar-refractivity contribution in [3.63, 3.8) is 0 Å². The number of thioether (sulfide) groups is 1. The molecule has 5 rings (SSSR count). The number of nitrogens with zero attached hydrogens (tertiary/aromatic N) is 5. The smallest absolute Gasteiger partial charge is 0.189 e. The highest BCUT2D eigenvalue weighted by Crippen LogP contribution is 2.43. The van der Waals surface area contributed by atoms with E-state index in [2.05, 4.69) is 43.7 Å². The van der Waals surface area contributed by atoms with E-state index in [-0.39, 0.29) is 0 Å². The van der Waals surface area contributed by atoms with Crippen molar-refractivity contribution in [2.24, 2.45) is 0 Å². The predicted molar refractivity (Wildman–Crippen MR) is 96.8 cm³/mol. The molecule has 0 amide bonds. The van der Waals surface area contributed by atoms with Crippen molar-refractivity contribution in [3.8, 4) is 0 Å². The van der Waals surface area contributed by atoms with Gasteiger partial charge in [-0.2, -0.15) is 0 Å². The molecule has 0 bridgehead atoms. The first kappa shape index (κ1) is 14.3. The van der Waals surface area contributed by atoms with Gasteiger partial charge in [-0.3, -0.25) is 0 Å². The Hall–Kier alpha value is -2.08. The maximum Gasteiger partial charge on any atom is 0.189 e. The van der Waals surface area contributed by atoms with E-state index in [0.717, 1.165) is 29.6 Å². The SMILES string of the molecule is CSc1nccc(N2CC(n3c(C4CC4)nc4ccccc43)C2)n1. The third-order valence-corrected chi connectivity index (χ3v) is 5.48. The van der Waals surface area contributed by atoms with Gasteiger partial charge in [-0.05, 0) is 37.3 Å². The number of para-hydroxylation sites is 2. The van der Waals surface area contributed by atoms with Crippen LogP contribution in [0.15, 0.2) is 41.7 Å². The molecule has 0 N–H and O–H groups in total. The third-order valence-electron chi connectivity index (χ3n) is 4.92. The number of aromatic nitrogens is 4. The molecule has 1 saturated heterocycles. The number of imidazole rings is 1. The van der Waals surface area contributed by atoms with Crippen molar-refractivity contribution in [1.82, 2.24) is 19.5 Å². The molecule has 0 atom stereocenters.